The third-order valence-corrected chi connectivity index (χ3v) is 4.40. The molecule has 7 nitrogen and oxygen atoms in total. The molecule has 1 aliphatic rings. The number of ether oxygens (including phenoxy) is 1. The quantitative estimate of drug-likeness (QED) is 0.754. The number of para-hydroxylation sites is 2. The van der Waals surface area contributed by atoms with Crippen LogP contribution in [-0.2, 0) is 14.3 Å². The maximum atomic E-state index is 12.4. The highest BCUT2D eigenvalue weighted by Gasteiger charge is 2.16. The third kappa shape index (κ3) is 6.31. The number of nitrogens with zero attached hydrogens (tertiary/aromatic N) is 3. The molecule has 0 atom stereocenters. The van der Waals surface area contributed by atoms with Crippen LogP contribution in [0.5, 0.6) is 0 Å². The average Bonchev–Trinajstić information content (AvgIpc) is 2.62. The molecule has 144 valence electrons. The van der Waals surface area contributed by atoms with Gasteiger partial charge in [-0.3, -0.25) is 9.59 Å². The van der Waals surface area contributed by atoms with Gasteiger partial charge in [0.15, 0.2) is 0 Å². The van der Waals surface area contributed by atoms with Gasteiger partial charge >= 0.3 is 0 Å². The lowest BCUT2D eigenvalue weighted by Crippen LogP contribution is -2.37. The molecular formula is C19H30N4O3. The molecule has 0 aliphatic carbocycles. The van der Waals surface area contributed by atoms with Gasteiger partial charge in [-0.1, -0.05) is 12.1 Å². The maximum absolute atomic E-state index is 12.4. The van der Waals surface area contributed by atoms with Gasteiger partial charge < -0.3 is 24.8 Å². The summed E-state index contributed by atoms with van der Waals surface area (Å²) in [5, 5.41) is 3.00. The third-order valence-electron chi connectivity index (χ3n) is 4.40. The molecule has 0 bridgehead atoms. The minimum Gasteiger partial charge on any atom is -0.378 e. The number of benzene rings is 1. The van der Waals surface area contributed by atoms with Crippen molar-refractivity contribution in [3.05, 3.63) is 24.3 Å². The molecule has 1 aromatic rings. The Balaban J connectivity index is 1.91. The number of hydrogen-bond acceptors (Lipinski definition) is 5. The molecule has 0 saturated carbocycles. The molecule has 7 heteroatoms. The predicted molar refractivity (Wildman–Crippen MR) is 104 cm³/mol. The number of hydrogen-bond donors (Lipinski definition) is 1. The van der Waals surface area contributed by atoms with Gasteiger partial charge in [-0.15, -0.1) is 0 Å². The Hall–Kier alpha value is -2.12. The number of morpholine rings is 1. The summed E-state index contributed by atoms with van der Waals surface area (Å²) in [4.78, 5) is 30.1. The lowest BCUT2D eigenvalue weighted by molar-refractivity contribution is -0.129. The summed E-state index contributed by atoms with van der Waals surface area (Å²) in [6, 6.07) is 7.81. The first-order valence-corrected chi connectivity index (χ1v) is 9.09. The second-order valence-electron chi connectivity index (χ2n) is 6.72. The Morgan fingerprint density at radius 3 is 2.46 bits per heavy atom. The van der Waals surface area contributed by atoms with E-state index in [9.17, 15) is 9.59 Å². The molecule has 2 amide bonds. The Morgan fingerprint density at radius 2 is 1.81 bits per heavy atom. The van der Waals surface area contributed by atoms with Crippen molar-refractivity contribution < 1.29 is 14.3 Å². The second kappa shape index (κ2) is 10.1. The number of likely N-dealkylation sites (N-methyl/N-ethyl adjacent to an activating group) is 1. The van der Waals surface area contributed by atoms with Crippen molar-refractivity contribution in [2.75, 3.05) is 70.2 Å². The van der Waals surface area contributed by atoms with Crippen molar-refractivity contribution in [2.45, 2.75) is 13.3 Å². The first-order valence-electron chi connectivity index (χ1n) is 9.09. The van der Waals surface area contributed by atoms with E-state index in [1.165, 1.54) is 0 Å². The van der Waals surface area contributed by atoms with Gasteiger partial charge in [0.1, 0.15) is 0 Å². The first kappa shape index (κ1) is 20.2. The largest absolute Gasteiger partial charge is 0.378 e. The zero-order valence-corrected chi connectivity index (χ0v) is 16.0. The summed E-state index contributed by atoms with van der Waals surface area (Å²) >= 11 is 0. The lowest BCUT2D eigenvalue weighted by atomic mass is 10.2. The van der Waals surface area contributed by atoms with Crippen LogP contribution in [-0.4, -0.2) is 81.6 Å². The number of nitrogens with one attached hydrogen (secondary N) is 1. The zero-order valence-electron chi connectivity index (χ0n) is 16.0. The van der Waals surface area contributed by atoms with Gasteiger partial charge in [-0.25, -0.2) is 0 Å². The number of anilines is 2. The number of amides is 2. The van der Waals surface area contributed by atoms with Crippen LogP contribution in [0.25, 0.3) is 0 Å². The maximum Gasteiger partial charge on any atom is 0.226 e. The van der Waals surface area contributed by atoms with Gasteiger partial charge in [-0.05, 0) is 26.2 Å². The molecule has 1 fully saturated rings. The SMILES string of the molecule is CC(=O)N(CCC(=O)Nc1ccccc1N1CCOCC1)CCN(C)C. The van der Waals surface area contributed by atoms with Crippen molar-refractivity contribution in [1.82, 2.24) is 9.80 Å². The molecule has 1 aliphatic heterocycles. The van der Waals surface area contributed by atoms with E-state index in [0.29, 0.717) is 26.3 Å². The van der Waals surface area contributed by atoms with Crippen LogP contribution in [0.4, 0.5) is 11.4 Å². The van der Waals surface area contributed by atoms with Crippen molar-refractivity contribution in [3.8, 4) is 0 Å². The minimum absolute atomic E-state index is 0.00614. The van der Waals surface area contributed by atoms with Crippen LogP contribution >= 0.6 is 0 Å². The highest BCUT2D eigenvalue weighted by Crippen LogP contribution is 2.26. The molecule has 0 unspecified atom stereocenters. The minimum atomic E-state index is -0.0817. The molecule has 1 N–H and O–H groups in total. The highest BCUT2D eigenvalue weighted by molar-refractivity contribution is 5.94. The van der Waals surface area contributed by atoms with Crippen molar-refractivity contribution in [2.24, 2.45) is 0 Å². The Bertz CT molecular complexity index is 600. The lowest BCUT2D eigenvalue weighted by Gasteiger charge is -2.30. The van der Waals surface area contributed by atoms with Crippen LogP contribution in [0.2, 0.25) is 0 Å². The smallest absolute Gasteiger partial charge is 0.226 e. The van der Waals surface area contributed by atoms with E-state index in [-0.39, 0.29) is 18.2 Å². The second-order valence-corrected chi connectivity index (χ2v) is 6.72. The normalized spacial score (nSPS) is 14.4. The van der Waals surface area contributed by atoms with Crippen LogP contribution in [0.1, 0.15) is 13.3 Å². The molecule has 2 rings (SSSR count). The van der Waals surface area contributed by atoms with Crippen LogP contribution < -0.4 is 10.2 Å². The van der Waals surface area contributed by atoms with E-state index in [2.05, 4.69) is 10.2 Å². The highest BCUT2D eigenvalue weighted by atomic mass is 16.5. The molecule has 1 saturated heterocycles. The standard InChI is InChI=1S/C19H30N4O3/c1-16(24)22(11-10-21(2)3)9-8-19(25)20-17-6-4-5-7-18(17)23-12-14-26-15-13-23/h4-7H,8-15H2,1-3H3,(H,20,25). The van der Waals surface area contributed by atoms with E-state index in [1.54, 1.807) is 11.8 Å². The molecular weight excluding hydrogens is 332 g/mol. The summed E-state index contributed by atoms with van der Waals surface area (Å²) in [7, 11) is 3.93. The van der Waals surface area contributed by atoms with Gasteiger partial charge in [0.25, 0.3) is 0 Å². The van der Waals surface area contributed by atoms with Crippen molar-refractivity contribution in [3.63, 3.8) is 0 Å². The number of rotatable bonds is 8. The van der Waals surface area contributed by atoms with Crippen LogP contribution in [0.3, 0.4) is 0 Å². The fourth-order valence-corrected chi connectivity index (χ4v) is 2.86. The number of carbonyl (C=O) groups excluding carboxylic acids is 2. The average molecular weight is 362 g/mol. The van der Waals surface area contributed by atoms with E-state index in [1.807, 2.05) is 43.3 Å². The monoisotopic (exact) mass is 362 g/mol. The summed E-state index contributed by atoms with van der Waals surface area (Å²) in [6.45, 7) is 6.39. The van der Waals surface area contributed by atoms with E-state index >= 15 is 0 Å². The fourth-order valence-electron chi connectivity index (χ4n) is 2.86. The van der Waals surface area contributed by atoms with E-state index < -0.39 is 0 Å². The Kier molecular flexibility index (Phi) is 7.87. The molecule has 0 spiro atoms. The summed E-state index contributed by atoms with van der Waals surface area (Å²) < 4.78 is 5.40. The topological polar surface area (TPSA) is 65.1 Å². The molecule has 0 aromatic heterocycles. The molecule has 1 heterocycles. The summed E-state index contributed by atoms with van der Waals surface area (Å²) in [5.41, 5.74) is 1.82. The van der Waals surface area contributed by atoms with Crippen LogP contribution in [0, 0.1) is 0 Å². The van der Waals surface area contributed by atoms with Crippen LogP contribution in [0.15, 0.2) is 24.3 Å². The summed E-state index contributed by atoms with van der Waals surface area (Å²) in [5.74, 6) is -0.0878. The fraction of sp³-hybridized carbons (Fsp3) is 0.579. The molecule has 26 heavy (non-hydrogen) atoms. The molecule has 1 aromatic carbocycles. The van der Waals surface area contributed by atoms with E-state index in [4.69, 9.17) is 4.74 Å². The van der Waals surface area contributed by atoms with Gasteiger partial charge in [-0.2, -0.15) is 0 Å². The zero-order chi connectivity index (χ0) is 18.9. The Morgan fingerprint density at radius 1 is 1.12 bits per heavy atom. The Labute approximate surface area is 155 Å². The van der Waals surface area contributed by atoms with Crippen molar-refractivity contribution in [1.29, 1.82) is 0 Å². The van der Waals surface area contributed by atoms with Gasteiger partial charge in [0, 0.05) is 46.1 Å². The van der Waals surface area contributed by atoms with Gasteiger partial charge in [0.05, 0.1) is 24.6 Å². The van der Waals surface area contributed by atoms with Gasteiger partial charge in [0.2, 0.25) is 11.8 Å². The molecule has 0 radical (unpaired) electrons. The van der Waals surface area contributed by atoms with E-state index in [0.717, 1.165) is 31.0 Å². The van der Waals surface area contributed by atoms with Crippen molar-refractivity contribution >= 4 is 23.2 Å². The first-order chi connectivity index (χ1) is 12.5. The predicted octanol–water partition coefficient (Wildman–Crippen LogP) is 1.26. The summed E-state index contributed by atoms with van der Waals surface area (Å²) in [6.07, 6.45) is 0.282. The number of carbonyl (C=O) groups is 2.